The largest absolute Gasteiger partial charge is 0.444 e. The van der Waals surface area contributed by atoms with Crippen molar-refractivity contribution in [2.75, 3.05) is 6.54 Å². The van der Waals surface area contributed by atoms with Gasteiger partial charge < -0.3 is 4.74 Å². The van der Waals surface area contributed by atoms with Crippen LogP contribution in [0.1, 0.15) is 31.9 Å². The van der Waals surface area contributed by atoms with E-state index in [0.29, 0.717) is 0 Å². The van der Waals surface area contributed by atoms with Gasteiger partial charge >= 0.3 is 6.09 Å². The van der Waals surface area contributed by atoms with E-state index in [1.54, 1.807) is 20.8 Å². The molecule has 0 spiro atoms. The van der Waals surface area contributed by atoms with Crippen molar-refractivity contribution in [3.63, 3.8) is 0 Å². The summed E-state index contributed by atoms with van der Waals surface area (Å²) < 4.78 is 59.8. The van der Waals surface area contributed by atoms with Gasteiger partial charge in [-0.25, -0.2) is 13.6 Å². The molecule has 1 amide bonds. The Labute approximate surface area is 119 Å². The SMILES string of the molecule is CC(C)(C)OC(=O)N1Cc2ccc(F)c(F)c2C(F)(F)C1. The summed E-state index contributed by atoms with van der Waals surface area (Å²) in [6, 6.07) is 1.82. The number of carbonyl (C=O) groups excluding carboxylic acids is 1. The first-order valence-electron chi connectivity index (χ1n) is 6.34. The van der Waals surface area contributed by atoms with Gasteiger partial charge in [-0.2, -0.15) is 8.78 Å². The maximum Gasteiger partial charge on any atom is 0.410 e. The molecular weight excluding hydrogens is 290 g/mol. The molecular formula is C14H15F4NO2. The van der Waals surface area contributed by atoms with Gasteiger partial charge in [0, 0.05) is 6.54 Å². The number of ether oxygens (including phenoxy) is 1. The van der Waals surface area contributed by atoms with Crippen molar-refractivity contribution in [2.45, 2.75) is 38.8 Å². The van der Waals surface area contributed by atoms with Crippen LogP contribution in [0, 0.1) is 11.6 Å². The maximum absolute atomic E-state index is 14.0. The van der Waals surface area contributed by atoms with Crippen LogP contribution in [0.5, 0.6) is 0 Å². The number of alkyl halides is 2. The summed E-state index contributed by atoms with van der Waals surface area (Å²) in [5.74, 6) is -6.57. The second-order valence-corrected chi connectivity index (χ2v) is 5.94. The van der Waals surface area contributed by atoms with Crippen molar-refractivity contribution in [3.8, 4) is 0 Å². The van der Waals surface area contributed by atoms with E-state index in [0.717, 1.165) is 17.0 Å². The van der Waals surface area contributed by atoms with Crippen LogP contribution in [0.4, 0.5) is 22.4 Å². The summed E-state index contributed by atoms with van der Waals surface area (Å²) in [5, 5.41) is 0. The highest BCUT2D eigenvalue weighted by molar-refractivity contribution is 5.69. The van der Waals surface area contributed by atoms with Gasteiger partial charge in [-0.1, -0.05) is 6.07 Å². The predicted molar refractivity (Wildman–Crippen MR) is 66.9 cm³/mol. The molecule has 3 nitrogen and oxygen atoms in total. The average Bonchev–Trinajstić information content (AvgIpc) is 2.30. The van der Waals surface area contributed by atoms with Crippen LogP contribution in [0.15, 0.2) is 12.1 Å². The first-order chi connectivity index (χ1) is 9.51. The summed E-state index contributed by atoms with van der Waals surface area (Å²) in [6.45, 7) is 3.52. The Hall–Kier alpha value is -1.79. The standard InChI is InChI=1S/C14H15F4NO2/c1-13(2,3)21-12(20)19-6-8-4-5-9(15)11(16)10(8)14(17,18)7-19/h4-5H,6-7H2,1-3H3. The molecule has 0 unspecified atom stereocenters. The van der Waals surface area contributed by atoms with Crippen molar-refractivity contribution in [1.29, 1.82) is 0 Å². The number of hydrogen-bond donors (Lipinski definition) is 0. The molecule has 0 bridgehead atoms. The molecule has 1 aliphatic heterocycles. The lowest BCUT2D eigenvalue weighted by Crippen LogP contribution is -2.46. The molecule has 0 radical (unpaired) electrons. The molecule has 0 N–H and O–H groups in total. The van der Waals surface area contributed by atoms with E-state index in [9.17, 15) is 22.4 Å². The minimum atomic E-state index is -3.67. The van der Waals surface area contributed by atoms with Gasteiger partial charge in [-0.05, 0) is 32.4 Å². The Morgan fingerprint density at radius 3 is 2.48 bits per heavy atom. The lowest BCUT2D eigenvalue weighted by atomic mass is 9.96. The van der Waals surface area contributed by atoms with Crippen LogP contribution in [-0.2, 0) is 17.2 Å². The van der Waals surface area contributed by atoms with Gasteiger partial charge in [0.2, 0.25) is 0 Å². The van der Waals surface area contributed by atoms with Crippen LogP contribution in [-0.4, -0.2) is 23.1 Å². The fourth-order valence-corrected chi connectivity index (χ4v) is 2.15. The van der Waals surface area contributed by atoms with E-state index < -0.39 is 41.4 Å². The number of rotatable bonds is 0. The van der Waals surface area contributed by atoms with Gasteiger partial charge in [0.1, 0.15) is 5.60 Å². The van der Waals surface area contributed by atoms with Crippen molar-refractivity contribution < 1.29 is 27.1 Å². The molecule has 1 aromatic rings. The fourth-order valence-electron chi connectivity index (χ4n) is 2.15. The summed E-state index contributed by atoms with van der Waals surface area (Å²) in [5.41, 5.74) is -1.95. The van der Waals surface area contributed by atoms with Crippen LogP contribution in [0.25, 0.3) is 0 Å². The van der Waals surface area contributed by atoms with E-state index in [2.05, 4.69) is 0 Å². The van der Waals surface area contributed by atoms with Crippen LogP contribution in [0.2, 0.25) is 0 Å². The summed E-state index contributed by atoms with van der Waals surface area (Å²) >= 11 is 0. The maximum atomic E-state index is 14.0. The van der Waals surface area contributed by atoms with Crippen LogP contribution in [0.3, 0.4) is 0 Å². The van der Waals surface area contributed by atoms with Crippen LogP contribution >= 0.6 is 0 Å². The number of hydrogen-bond acceptors (Lipinski definition) is 2. The van der Waals surface area contributed by atoms with Crippen molar-refractivity contribution in [3.05, 3.63) is 34.9 Å². The quantitative estimate of drug-likeness (QED) is 0.682. The minimum absolute atomic E-state index is 0.129. The summed E-state index contributed by atoms with van der Waals surface area (Å²) in [6.07, 6.45) is -0.919. The molecule has 1 aromatic carbocycles. The second kappa shape index (κ2) is 4.89. The third-order valence-electron chi connectivity index (χ3n) is 2.95. The molecule has 0 atom stereocenters. The lowest BCUT2D eigenvalue weighted by Gasteiger charge is -2.35. The zero-order valence-electron chi connectivity index (χ0n) is 11.8. The zero-order valence-corrected chi connectivity index (χ0v) is 11.8. The first-order valence-corrected chi connectivity index (χ1v) is 6.34. The number of benzene rings is 1. The van der Waals surface area contributed by atoms with Gasteiger partial charge in [-0.3, -0.25) is 4.90 Å². The first kappa shape index (κ1) is 15.6. The predicted octanol–water partition coefficient (Wildman–Crippen LogP) is 3.81. The third-order valence-corrected chi connectivity index (χ3v) is 2.95. The highest BCUT2D eigenvalue weighted by atomic mass is 19.3. The Morgan fingerprint density at radius 2 is 1.90 bits per heavy atom. The van der Waals surface area contributed by atoms with Crippen molar-refractivity contribution in [1.82, 2.24) is 4.90 Å². The third kappa shape index (κ3) is 3.11. The van der Waals surface area contributed by atoms with Gasteiger partial charge in [0.05, 0.1) is 12.1 Å². The Kier molecular flexibility index (Phi) is 3.63. The molecule has 0 saturated heterocycles. The Bertz CT molecular complexity index is 581. The highest BCUT2D eigenvalue weighted by Crippen LogP contribution is 2.39. The number of fused-ring (bicyclic) bond motifs is 1. The van der Waals surface area contributed by atoms with E-state index in [4.69, 9.17) is 4.74 Å². The summed E-state index contributed by atoms with van der Waals surface area (Å²) in [4.78, 5) is 12.6. The van der Waals surface area contributed by atoms with Gasteiger partial charge in [0.15, 0.2) is 11.6 Å². The van der Waals surface area contributed by atoms with Crippen LogP contribution < -0.4 is 0 Å². The normalized spacial score (nSPS) is 17.4. The monoisotopic (exact) mass is 305 g/mol. The average molecular weight is 305 g/mol. The van der Waals surface area contributed by atoms with Crippen molar-refractivity contribution >= 4 is 6.09 Å². The zero-order chi connectivity index (χ0) is 16.0. The Balaban J connectivity index is 2.34. The van der Waals surface area contributed by atoms with E-state index >= 15 is 0 Å². The van der Waals surface area contributed by atoms with E-state index in [1.807, 2.05) is 0 Å². The molecule has 1 heterocycles. The summed E-state index contributed by atoms with van der Waals surface area (Å²) in [7, 11) is 0. The van der Waals surface area contributed by atoms with E-state index in [1.165, 1.54) is 0 Å². The number of amides is 1. The molecule has 0 fully saturated rings. The molecule has 0 saturated carbocycles. The molecule has 0 aromatic heterocycles. The van der Waals surface area contributed by atoms with Gasteiger partial charge in [-0.15, -0.1) is 0 Å². The Morgan fingerprint density at radius 1 is 1.29 bits per heavy atom. The molecule has 1 aliphatic rings. The molecule has 0 aliphatic carbocycles. The smallest absolute Gasteiger partial charge is 0.410 e. The number of nitrogens with zero attached hydrogens (tertiary/aromatic N) is 1. The van der Waals surface area contributed by atoms with Gasteiger partial charge in [0.25, 0.3) is 5.92 Å². The molecule has 7 heteroatoms. The van der Waals surface area contributed by atoms with E-state index in [-0.39, 0.29) is 12.1 Å². The lowest BCUT2D eigenvalue weighted by molar-refractivity contribution is -0.0619. The molecule has 116 valence electrons. The van der Waals surface area contributed by atoms with Crippen molar-refractivity contribution in [2.24, 2.45) is 0 Å². The molecule has 21 heavy (non-hydrogen) atoms. The fraction of sp³-hybridized carbons (Fsp3) is 0.500. The number of carbonyl (C=O) groups is 1. The highest BCUT2D eigenvalue weighted by Gasteiger charge is 2.45. The number of halogens is 4. The topological polar surface area (TPSA) is 29.5 Å². The molecule has 2 rings (SSSR count). The minimum Gasteiger partial charge on any atom is -0.444 e. The second-order valence-electron chi connectivity index (χ2n) is 5.94.